The fourth-order valence-corrected chi connectivity index (χ4v) is 0.143. The van der Waals surface area contributed by atoms with E-state index in [9.17, 15) is 4.79 Å². The summed E-state index contributed by atoms with van der Waals surface area (Å²) in [5.74, 6) is -0.891. The zero-order valence-electron chi connectivity index (χ0n) is 6.96. The smallest absolute Gasteiger partial charge is 0.327 e. The molecule has 0 spiro atoms. The van der Waals surface area contributed by atoms with Crippen LogP contribution in [0.5, 0.6) is 0 Å². The first kappa shape index (κ1) is 11.9. The van der Waals surface area contributed by atoms with Crippen LogP contribution in [0.3, 0.4) is 0 Å². The largest absolute Gasteiger partial charge is 0.478 e. The van der Waals surface area contributed by atoms with Crippen LogP contribution in [0.2, 0.25) is 0 Å². The summed E-state index contributed by atoms with van der Waals surface area (Å²) in [5.41, 5.74) is 0. The Hall–Kier alpha value is -0.830. The maximum absolute atomic E-state index is 9.51. The number of carboxylic acids is 1. The Balaban J connectivity index is 0. The summed E-state index contributed by atoms with van der Waals surface area (Å²) in [6.45, 7) is 1.66. The highest BCUT2D eigenvalue weighted by Gasteiger charge is 1.76. The van der Waals surface area contributed by atoms with Crippen molar-refractivity contribution in [2.45, 2.75) is 6.92 Å². The number of carboxylic acid groups (broad SMARTS) is 1. The molecule has 0 fully saturated rings. The average molecular weight is 145 g/mol. The molecule has 0 aromatic carbocycles. The van der Waals surface area contributed by atoms with E-state index in [-0.39, 0.29) is 0 Å². The molecule has 0 rings (SSSR count). The second-order valence-corrected chi connectivity index (χ2v) is 2.18. The van der Waals surface area contributed by atoms with Crippen molar-refractivity contribution < 1.29 is 9.90 Å². The summed E-state index contributed by atoms with van der Waals surface area (Å²) in [7, 11) is 6.00. The minimum Gasteiger partial charge on any atom is -0.478 e. The summed E-state index contributed by atoms with van der Waals surface area (Å²) < 4.78 is 0. The van der Waals surface area contributed by atoms with Gasteiger partial charge in [-0.3, -0.25) is 0 Å². The quantitative estimate of drug-likeness (QED) is 0.555. The summed E-state index contributed by atoms with van der Waals surface area (Å²) in [6, 6.07) is 0. The molecule has 0 bridgehead atoms. The van der Waals surface area contributed by atoms with E-state index in [1.807, 2.05) is 26.0 Å². The Morgan fingerprint density at radius 1 is 1.40 bits per heavy atom. The zero-order chi connectivity index (χ0) is 8.57. The van der Waals surface area contributed by atoms with E-state index in [0.29, 0.717) is 0 Å². The number of rotatable bonds is 1. The third kappa shape index (κ3) is 58.0. The van der Waals surface area contributed by atoms with E-state index >= 15 is 0 Å². The highest BCUT2D eigenvalue weighted by atomic mass is 16.4. The van der Waals surface area contributed by atoms with Gasteiger partial charge in [-0.25, -0.2) is 4.79 Å². The summed E-state index contributed by atoms with van der Waals surface area (Å²) in [5, 5.41) is 7.83. The molecule has 3 heteroatoms. The molecular weight excluding hydrogens is 130 g/mol. The SMILES string of the molecule is CC=CC(=O)O.CN(C)C. The van der Waals surface area contributed by atoms with Crippen LogP contribution < -0.4 is 0 Å². The minimum atomic E-state index is -0.891. The van der Waals surface area contributed by atoms with E-state index in [2.05, 4.69) is 0 Å². The number of hydrogen-bond acceptors (Lipinski definition) is 2. The van der Waals surface area contributed by atoms with Gasteiger partial charge in [0.25, 0.3) is 0 Å². The van der Waals surface area contributed by atoms with Crippen molar-refractivity contribution in [2.75, 3.05) is 21.1 Å². The first-order valence-corrected chi connectivity index (χ1v) is 2.97. The molecule has 0 aliphatic heterocycles. The van der Waals surface area contributed by atoms with Gasteiger partial charge in [-0.2, -0.15) is 0 Å². The lowest BCUT2D eigenvalue weighted by molar-refractivity contribution is -0.131. The Morgan fingerprint density at radius 3 is 1.70 bits per heavy atom. The predicted molar refractivity (Wildman–Crippen MR) is 42.1 cm³/mol. The average Bonchev–Trinajstić information content (AvgIpc) is 1.62. The molecule has 0 aromatic rings. The Morgan fingerprint density at radius 2 is 1.70 bits per heavy atom. The normalized spacial score (nSPS) is 9.30. The second kappa shape index (κ2) is 8.17. The van der Waals surface area contributed by atoms with Crippen LogP contribution in [-0.4, -0.2) is 37.1 Å². The molecule has 0 saturated heterocycles. The topological polar surface area (TPSA) is 40.5 Å². The Bertz CT molecular complexity index is 105. The first-order chi connectivity index (χ1) is 4.50. The Kier molecular flexibility index (Phi) is 9.73. The van der Waals surface area contributed by atoms with Gasteiger partial charge < -0.3 is 10.0 Å². The molecule has 1 N–H and O–H groups in total. The van der Waals surface area contributed by atoms with Gasteiger partial charge >= 0.3 is 5.97 Å². The molecule has 10 heavy (non-hydrogen) atoms. The van der Waals surface area contributed by atoms with E-state index in [0.717, 1.165) is 6.08 Å². The molecule has 0 aromatic heterocycles. The van der Waals surface area contributed by atoms with Crippen LogP contribution in [0.15, 0.2) is 12.2 Å². The fourth-order valence-electron chi connectivity index (χ4n) is 0.143. The third-order valence-corrected chi connectivity index (χ3v) is 0.309. The van der Waals surface area contributed by atoms with E-state index in [1.165, 1.54) is 6.08 Å². The summed E-state index contributed by atoms with van der Waals surface area (Å²) in [6.07, 6.45) is 2.56. The number of nitrogens with zero attached hydrogens (tertiary/aromatic N) is 1. The van der Waals surface area contributed by atoms with Gasteiger partial charge in [0.05, 0.1) is 0 Å². The summed E-state index contributed by atoms with van der Waals surface area (Å²) >= 11 is 0. The lowest BCUT2D eigenvalue weighted by Crippen LogP contribution is -1.99. The van der Waals surface area contributed by atoms with Crippen LogP contribution in [0.4, 0.5) is 0 Å². The molecule has 0 heterocycles. The van der Waals surface area contributed by atoms with Crippen molar-refractivity contribution in [1.29, 1.82) is 0 Å². The van der Waals surface area contributed by atoms with Gasteiger partial charge in [-0.1, -0.05) is 6.08 Å². The van der Waals surface area contributed by atoms with Gasteiger partial charge in [-0.15, -0.1) is 0 Å². The van der Waals surface area contributed by atoms with Crippen LogP contribution in [-0.2, 0) is 4.79 Å². The minimum absolute atomic E-state index is 0.891. The van der Waals surface area contributed by atoms with Gasteiger partial charge in [0.15, 0.2) is 0 Å². The number of aliphatic carboxylic acids is 1. The van der Waals surface area contributed by atoms with Crippen LogP contribution >= 0.6 is 0 Å². The van der Waals surface area contributed by atoms with Crippen molar-refractivity contribution in [3.8, 4) is 0 Å². The number of carbonyl (C=O) groups is 1. The van der Waals surface area contributed by atoms with E-state index in [1.54, 1.807) is 6.92 Å². The number of allylic oxidation sites excluding steroid dienone is 1. The second-order valence-electron chi connectivity index (χ2n) is 2.18. The fraction of sp³-hybridized carbons (Fsp3) is 0.571. The van der Waals surface area contributed by atoms with E-state index < -0.39 is 5.97 Å². The van der Waals surface area contributed by atoms with Crippen molar-refractivity contribution in [1.82, 2.24) is 4.90 Å². The van der Waals surface area contributed by atoms with E-state index in [4.69, 9.17) is 5.11 Å². The molecular formula is C7H15NO2. The maximum atomic E-state index is 9.51. The predicted octanol–water partition coefficient (Wildman–Crippen LogP) is 0.825. The number of hydrogen-bond donors (Lipinski definition) is 1. The zero-order valence-corrected chi connectivity index (χ0v) is 6.96. The molecule has 3 nitrogen and oxygen atoms in total. The Labute approximate surface area is 62.0 Å². The van der Waals surface area contributed by atoms with Crippen molar-refractivity contribution >= 4 is 5.97 Å². The molecule has 0 unspecified atom stereocenters. The van der Waals surface area contributed by atoms with Crippen molar-refractivity contribution in [2.24, 2.45) is 0 Å². The lowest BCUT2D eigenvalue weighted by Gasteiger charge is -1.90. The molecule has 0 amide bonds. The molecule has 0 saturated carbocycles. The van der Waals surface area contributed by atoms with Crippen LogP contribution in [0, 0.1) is 0 Å². The highest BCUT2D eigenvalue weighted by molar-refractivity contribution is 5.79. The molecule has 60 valence electrons. The van der Waals surface area contributed by atoms with Gasteiger partial charge in [0, 0.05) is 6.08 Å². The monoisotopic (exact) mass is 145 g/mol. The maximum Gasteiger partial charge on any atom is 0.327 e. The van der Waals surface area contributed by atoms with Crippen molar-refractivity contribution in [3.05, 3.63) is 12.2 Å². The van der Waals surface area contributed by atoms with Crippen molar-refractivity contribution in [3.63, 3.8) is 0 Å². The molecule has 0 radical (unpaired) electrons. The van der Waals surface area contributed by atoms with Crippen LogP contribution in [0.1, 0.15) is 6.92 Å². The molecule has 0 aliphatic rings. The van der Waals surface area contributed by atoms with Gasteiger partial charge in [0.2, 0.25) is 0 Å². The van der Waals surface area contributed by atoms with Gasteiger partial charge in [0.1, 0.15) is 0 Å². The first-order valence-electron chi connectivity index (χ1n) is 2.97. The third-order valence-electron chi connectivity index (χ3n) is 0.309. The molecule has 0 atom stereocenters. The molecule has 0 aliphatic carbocycles. The van der Waals surface area contributed by atoms with Gasteiger partial charge in [-0.05, 0) is 28.1 Å². The summed E-state index contributed by atoms with van der Waals surface area (Å²) in [4.78, 5) is 11.5. The standard InChI is InChI=1S/C4H6O2.C3H9N/c1-2-3-4(5)6;1-4(2)3/h2-3H,1H3,(H,5,6);1-3H3. The van der Waals surface area contributed by atoms with Crippen LogP contribution in [0.25, 0.3) is 0 Å². The highest BCUT2D eigenvalue weighted by Crippen LogP contribution is 1.65. The lowest BCUT2D eigenvalue weighted by atomic mass is 10.5.